The third-order valence-electron chi connectivity index (χ3n) is 3.18. The number of benzene rings is 2. The van der Waals surface area contributed by atoms with E-state index in [-0.39, 0.29) is 30.6 Å². The first-order chi connectivity index (χ1) is 10.6. The lowest BCUT2D eigenvalue weighted by atomic mass is 10.1. The number of hydrogen-bond acceptors (Lipinski definition) is 3. The molecule has 114 valence electrons. The summed E-state index contributed by atoms with van der Waals surface area (Å²) in [5.41, 5.74) is 1.57. The van der Waals surface area contributed by atoms with Crippen LogP contribution in [0.25, 0.3) is 0 Å². The van der Waals surface area contributed by atoms with Gasteiger partial charge in [-0.3, -0.25) is 9.59 Å². The van der Waals surface area contributed by atoms with Gasteiger partial charge in [0.25, 0.3) is 0 Å². The van der Waals surface area contributed by atoms with E-state index in [0.29, 0.717) is 16.8 Å². The molecule has 0 saturated heterocycles. The summed E-state index contributed by atoms with van der Waals surface area (Å²) >= 11 is 0. The maximum Gasteiger partial charge on any atom is 0.239 e. The number of para-hydroxylation sites is 1. The van der Waals surface area contributed by atoms with Crippen LogP contribution in [0.4, 0.5) is 10.1 Å². The molecule has 0 bridgehead atoms. The van der Waals surface area contributed by atoms with Crippen molar-refractivity contribution in [2.24, 2.45) is 0 Å². The van der Waals surface area contributed by atoms with Crippen LogP contribution in [-0.4, -0.2) is 18.2 Å². The third kappa shape index (κ3) is 4.15. The van der Waals surface area contributed by atoms with E-state index < -0.39 is 0 Å². The molecule has 0 saturated carbocycles. The average molecular weight is 300 g/mol. The second kappa shape index (κ2) is 7.36. The number of carbonyl (C=O) groups excluding carboxylic acids is 2. The summed E-state index contributed by atoms with van der Waals surface area (Å²) in [7, 11) is 0. The summed E-state index contributed by atoms with van der Waals surface area (Å²) in [6, 6.07) is 13.3. The molecule has 0 aliphatic heterocycles. The highest BCUT2D eigenvalue weighted by atomic mass is 19.1. The van der Waals surface area contributed by atoms with E-state index in [9.17, 15) is 14.0 Å². The van der Waals surface area contributed by atoms with Gasteiger partial charge in [-0.25, -0.2) is 4.39 Å². The van der Waals surface area contributed by atoms with Crippen LogP contribution in [0.2, 0.25) is 0 Å². The monoisotopic (exact) mass is 300 g/mol. The second-order valence-electron chi connectivity index (χ2n) is 4.82. The van der Waals surface area contributed by atoms with Crippen molar-refractivity contribution >= 4 is 17.4 Å². The molecule has 0 heterocycles. The van der Waals surface area contributed by atoms with Crippen LogP contribution in [0.3, 0.4) is 0 Å². The standard InChI is InChI=1S/C17H17FN2O2/c1-12(21)14-7-3-5-9-16(14)19-11-17(22)20-10-13-6-2-4-8-15(13)18/h2-9,19H,10-11H2,1H3,(H,20,22). The van der Waals surface area contributed by atoms with Gasteiger partial charge in [0.05, 0.1) is 6.54 Å². The van der Waals surface area contributed by atoms with Crippen molar-refractivity contribution in [2.45, 2.75) is 13.5 Å². The smallest absolute Gasteiger partial charge is 0.239 e. The van der Waals surface area contributed by atoms with Crippen molar-refractivity contribution in [2.75, 3.05) is 11.9 Å². The van der Waals surface area contributed by atoms with Crippen molar-refractivity contribution in [1.82, 2.24) is 5.32 Å². The molecule has 2 rings (SSSR count). The lowest BCUT2D eigenvalue weighted by Crippen LogP contribution is -2.30. The molecule has 0 spiro atoms. The molecule has 0 fully saturated rings. The molecule has 0 unspecified atom stereocenters. The van der Waals surface area contributed by atoms with E-state index in [1.165, 1.54) is 13.0 Å². The molecule has 22 heavy (non-hydrogen) atoms. The number of nitrogens with one attached hydrogen (secondary N) is 2. The predicted molar refractivity (Wildman–Crippen MR) is 83.2 cm³/mol. The fourth-order valence-corrected chi connectivity index (χ4v) is 2.02. The van der Waals surface area contributed by atoms with E-state index in [1.807, 2.05) is 0 Å². The van der Waals surface area contributed by atoms with Gasteiger partial charge in [0.2, 0.25) is 5.91 Å². The number of ketones is 1. The summed E-state index contributed by atoms with van der Waals surface area (Å²) < 4.78 is 13.4. The predicted octanol–water partition coefficient (Wildman–Crippen LogP) is 2.76. The normalized spacial score (nSPS) is 10.1. The molecular weight excluding hydrogens is 283 g/mol. The Morgan fingerprint density at radius 3 is 2.45 bits per heavy atom. The Balaban J connectivity index is 1.89. The summed E-state index contributed by atoms with van der Waals surface area (Å²) in [5.74, 6) is -0.700. The zero-order chi connectivity index (χ0) is 15.9. The van der Waals surface area contributed by atoms with Gasteiger partial charge in [-0.1, -0.05) is 30.3 Å². The average Bonchev–Trinajstić information content (AvgIpc) is 2.52. The van der Waals surface area contributed by atoms with E-state index in [4.69, 9.17) is 0 Å². The van der Waals surface area contributed by atoms with Crippen molar-refractivity contribution in [3.63, 3.8) is 0 Å². The Labute approximate surface area is 128 Å². The molecule has 2 aromatic rings. The Hall–Kier alpha value is -2.69. The highest BCUT2D eigenvalue weighted by Crippen LogP contribution is 2.15. The SMILES string of the molecule is CC(=O)c1ccccc1NCC(=O)NCc1ccccc1F. The van der Waals surface area contributed by atoms with Crippen LogP contribution >= 0.6 is 0 Å². The Kier molecular flexibility index (Phi) is 5.25. The molecule has 4 nitrogen and oxygen atoms in total. The Morgan fingerprint density at radius 1 is 1.05 bits per heavy atom. The van der Waals surface area contributed by atoms with Gasteiger partial charge < -0.3 is 10.6 Å². The van der Waals surface area contributed by atoms with Crippen LogP contribution < -0.4 is 10.6 Å². The van der Waals surface area contributed by atoms with Crippen molar-refractivity contribution < 1.29 is 14.0 Å². The minimum Gasteiger partial charge on any atom is -0.376 e. The van der Waals surface area contributed by atoms with Crippen LogP contribution in [0.1, 0.15) is 22.8 Å². The fraction of sp³-hybridized carbons (Fsp3) is 0.176. The van der Waals surface area contributed by atoms with Crippen LogP contribution in [0, 0.1) is 5.82 Å². The van der Waals surface area contributed by atoms with Gasteiger partial charge in [0.1, 0.15) is 5.82 Å². The Morgan fingerprint density at radius 2 is 1.73 bits per heavy atom. The minimum absolute atomic E-state index is 0.0126. The lowest BCUT2D eigenvalue weighted by molar-refractivity contribution is -0.119. The number of amides is 1. The summed E-state index contributed by atoms with van der Waals surface area (Å²) in [6.45, 7) is 1.61. The molecule has 0 aliphatic rings. The van der Waals surface area contributed by atoms with E-state index >= 15 is 0 Å². The number of halogens is 1. The topological polar surface area (TPSA) is 58.2 Å². The summed E-state index contributed by atoms with van der Waals surface area (Å²) in [6.07, 6.45) is 0. The zero-order valence-corrected chi connectivity index (χ0v) is 12.2. The van der Waals surface area contributed by atoms with E-state index in [0.717, 1.165) is 0 Å². The molecule has 0 aromatic heterocycles. The highest BCUT2D eigenvalue weighted by Gasteiger charge is 2.08. The molecule has 2 aromatic carbocycles. The molecule has 0 atom stereocenters. The highest BCUT2D eigenvalue weighted by molar-refractivity contribution is 6.00. The fourth-order valence-electron chi connectivity index (χ4n) is 2.02. The van der Waals surface area contributed by atoms with Crippen LogP contribution in [-0.2, 0) is 11.3 Å². The first-order valence-corrected chi connectivity index (χ1v) is 6.92. The van der Waals surface area contributed by atoms with Crippen LogP contribution in [0.15, 0.2) is 48.5 Å². The van der Waals surface area contributed by atoms with Gasteiger partial charge >= 0.3 is 0 Å². The van der Waals surface area contributed by atoms with E-state index in [1.54, 1.807) is 42.5 Å². The van der Waals surface area contributed by atoms with Gasteiger partial charge in [-0.05, 0) is 25.1 Å². The molecular formula is C17H17FN2O2. The number of anilines is 1. The first-order valence-electron chi connectivity index (χ1n) is 6.92. The minimum atomic E-state index is -0.349. The van der Waals surface area contributed by atoms with Gasteiger partial charge in [-0.15, -0.1) is 0 Å². The van der Waals surface area contributed by atoms with Crippen molar-refractivity contribution in [3.8, 4) is 0 Å². The largest absolute Gasteiger partial charge is 0.376 e. The molecule has 5 heteroatoms. The number of Topliss-reactive ketones (excluding diaryl/α,β-unsaturated/α-hetero) is 1. The van der Waals surface area contributed by atoms with Gasteiger partial charge in [0.15, 0.2) is 5.78 Å². The molecule has 0 aliphatic carbocycles. The first kappa shape index (κ1) is 15.7. The van der Waals surface area contributed by atoms with E-state index in [2.05, 4.69) is 10.6 Å². The van der Waals surface area contributed by atoms with Gasteiger partial charge in [0, 0.05) is 23.4 Å². The molecule has 0 radical (unpaired) electrons. The zero-order valence-electron chi connectivity index (χ0n) is 12.2. The Bertz CT molecular complexity index is 686. The lowest BCUT2D eigenvalue weighted by Gasteiger charge is -2.10. The summed E-state index contributed by atoms with van der Waals surface area (Å²) in [5, 5.41) is 5.55. The number of rotatable bonds is 6. The van der Waals surface area contributed by atoms with Gasteiger partial charge in [-0.2, -0.15) is 0 Å². The molecule has 1 amide bonds. The third-order valence-corrected chi connectivity index (χ3v) is 3.18. The maximum atomic E-state index is 13.4. The van der Waals surface area contributed by atoms with Crippen LogP contribution in [0.5, 0.6) is 0 Å². The maximum absolute atomic E-state index is 13.4. The number of hydrogen-bond donors (Lipinski definition) is 2. The molecule has 2 N–H and O–H groups in total. The van der Waals surface area contributed by atoms with Crippen molar-refractivity contribution in [1.29, 1.82) is 0 Å². The second-order valence-corrected chi connectivity index (χ2v) is 4.82. The quantitative estimate of drug-likeness (QED) is 0.807. The van der Waals surface area contributed by atoms with Crippen molar-refractivity contribution in [3.05, 3.63) is 65.5 Å². The number of carbonyl (C=O) groups is 2. The summed E-state index contributed by atoms with van der Waals surface area (Å²) in [4.78, 5) is 23.3.